The van der Waals surface area contributed by atoms with Crippen molar-refractivity contribution in [2.24, 2.45) is 11.5 Å². The summed E-state index contributed by atoms with van der Waals surface area (Å²) in [6.07, 6.45) is 0.175. The molecular formula is C7H14N2O3. The van der Waals surface area contributed by atoms with Crippen molar-refractivity contribution in [2.45, 2.75) is 18.9 Å². The molecule has 0 aliphatic carbocycles. The van der Waals surface area contributed by atoms with Crippen LogP contribution in [0.3, 0.4) is 0 Å². The molecule has 0 rings (SSSR count). The van der Waals surface area contributed by atoms with Crippen LogP contribution in [-0.2, 0) is 14.3 Å². The van der Waals surface area contributed by atoms with Crippen molar-refractivity contribution in [3.8, 4) is 0 Å². The third kappa shape index (κ3) is 4.05. The zero-order valence-electron chi connectivity index (χ0n) is 7.08. The molecule has 12 heavy (non-hydrogen) atoms. The molecule has 0 aliphatic rings. The fourth-order valence-electron chi connectivity index (χ4n) is 0.644. The van der Waals surface area contributed by atoms with Crippen molar-refractivity contribution in [3.63, 3.8) is 0 Å². The number of carbonyl (C=O) groups is 2. The molecule has 0 bridgehead atoms. The zero-order chi connectivity index (χ0) is 9.56. The van der Waals surface area contributed by atoms with Gasteiger partial charge in [0.05, 0.1) is 19.6 Å². The molecule has 0 aromatic carbocycles. The maximum atomic E-state index is 11.0. The second-order valence-corrected chi connectivity index (χ2v) is 2.38. The minimum Gasteiger partial charge on any atom is -0.469 e. The van der Waals surface area contributed by atoms with Crippen LogP contribution in [0.4, 0.5) is 0 Å². The second-order valence-electron chi connectivity index (χ2n) is 2.38. The lowest BCUT2D eigenvalue weighted by Gasteiger charge is -2.05. The van der Waals surface area contributed by atoms with Crippen molar-refractivity contribution < 1.29 is 14.3 Å². The molecule has 70 valence electrons. The lowest BCUT2D eigenvalue weighted by atomic mass is 10.1. The van der Waals surface area contributed by atoms with Gasteiger partial charge >= 0.3 is 5.97 Å². The van der Waals surface area contributed by atoms with Crippen LogP contribution < -0.4 is 11.5 Å². The number of methoxy groups -OCH3 is 1. The standard InChI is InChI=1S/C7H14N2O3/c1-12-7(11)3-2-6(10)5(9)4-8/h5H,2-4,8-9H2,1H3/t5-/m0/s1. The average molecular weight is 174 g/mol. The monoisotopic (exact) mass is 174 g/mol. The molecule has 0 unspecified atom stereocenters. The molecule has 5 nitrogen and oxygen atoms in total. The van der Waals surface area contributed by atoms with Gasteiger partial charge in [-0.25, -0.2) is 0 Å². The third-order valence-electron chi connectivity index (χ3n) is 1.47. The fourth-order valence-corrected chi connectivity index (χ4v) is 0.644. The number of esters is 1. The maximum absolute atomic E-state index is 11.0. The Morgan fingerprint density at radius 2 is 2.00 bits per heavy atom. The molecule has 0 radical (unpaired) electrons. The number of rotatable bonds is 5. The van der Waals surface area contributed by atoms with Crippen molar-refractivity contribution in [1.29, 1.82) is 0 Å². The minimum atomic E-state index is -0.658. The first-order valence-electron chi connectivity index (χ1n) is 3.67. The van der Waals surface area contributed by atoms with Crippen molar-refractivity contribution in [1.82, 2.24) is 0 Å². The summed E-state index contributed by atoms with van der Waals surface area (Å²) in [5.41, 5.74) is 10.5. The first-order valence-corrected chi connectivity index (χ1v) is 3.67. The normalized spacial score (nSPS) is 12.2. The lowest BCUT2D eigenvalue weighted by molar-refractivity contribution is -0.142. The molecule has 0 heterocycles. The summed E-state index contributed by atoms with van der Waals surface area (Å²) in [5.74, 6) is -0.615. The van der Waals surface area contributed by atoms with Gasteiger partial charge in [0.1, 0.15) is 0 Å². The number of hydrogen-bond acceptors (Lipinski definition) is 5. The lowest BCUT2D eigenvalue weighted by Crippen LogP contribution is -2.37. The topological polar surface area (TPSA) is 95.4 Å². The predicted octanol–water partition coefficient (Wildman–Crippen LogP) is -1.21. The van der Waals surface area contributed by atoms with Crippen LogP contribution in [0.15, 0.2) is 0 Å². The molecule has 0 aromatic rings. The van der Waals surface area contributed by atoms with Crippen LogP contribution in [0.2, 0.25) is 0 Å². The van der Waals surface area contributed by atoms with Crippen LogP contribution in [0.5, 0.6) is 0 Å². The van der Waals surface area contributed by atoms with Crippen molar-refractivity contribution >= 4 is 11.8 Å². The van der Waals surface area contributed by atoms with E-state index in [1.807, 2.05) is 0 Å². The number of hydrogen-bond donors (Lipinski definition) is 2. The molecule has 0 saturated heterocycles. The number of ketones is 1. The van der Waals surface area contributed by atoms with E-state index in [2.05, 4.69) is 4.74 Å². The zero-order valence-corrected chi connectivity index (χ0v) is 7.08. The summed E-state index contributed by atoms with van der Waals surface area (Å²) >= 11 is 0. The molecule has 0 aromatic heterocycles. The van der Waals surface area contributed by atoms with Gasteiger partial charge in [0.2, 0.25) is 0 Å². The van der Waals surface area contributed by atoms with Gasteiger partial charge in [0.15, 0.2) is 5.78 Å². The van der Waals surface area contributed by atoms with Gasteiger partial charge < -0.3 is 16.2 Å². The highest BCUT2D eigenvalue weighted by atomic mass is 16.5. The van der Waals surface area contributed by atoms with Crippen LogP contribution in [-0.4, -0.2) is 31.4 Å². The SMILES string of the molecule is COC(=O)CCC(=O)[C@@H](N)CN. The summed E-state index contributed by atoms with van der Waals surface area (Å²) in [7, 11) is 1.27. The van der Waals surface area contributed by atoms with Gasteiger partial charge in [-0.1, -0.05) is 0 Å². The van der Waals surface area contributed by atoms with Gasteiger partial charge in [-0.05, 0) is 0 Å². The molecule has 4 N–H and O–H groups in total. The molecule has 0 aliphatic heterocycles. The van der Waals surface area contributed by atoms with Crippen LogP contribution in [0.25, 0.3) is 0 Å². The van der Waals surface area contributed by atoms with E-state index in [0.717, 1.165) is 0 Å². The smallest absolute Gasteiger partial charge is 0.305 e. The number of carbonyl (C=O) groups excluding carboxylic acids is 2. The molecule has 0 saturated carbocycles. The average Bonchev–Trinajstić information content (AvgIpc) is 2.11. The van der Waals surface area contributed by atoms with E-state index in [4.69, 9.17) is 11.5 Å². The Balaban J connectivity index is 3.64. The van der Waals surface area contributed by atoms with E-state index in [-0.39, 0.29) is 25.2 Å². The highest BCUT2D eigenvalue weighted by Crippen LogP contribution is 1.95. The predicted molar refractivity (Wildman–Crippen MR) is 43.3 cm³/mol. The van der Waals surface area contributed by atoms with Crippen molar-refractivity contribution in [2.75, 3.05) is 13.7 Å². The summed E-state index contributed by atoms with van der Waals surface area (Å²) in [4.78, 5) is 21.6. The molecule has 0 fully saturated rings. The quantitative estimate of drug-likeness (QED) is 0.510. The van der Waals surface area contributed by atoms with E-state index >= 15 is 0 Å². The second kappa shape index (κ2) is 5.68. The van der Waals surface area contributed by atoms with Crippen LogP contribution >= 0.6 is 0 Å². The minimum absolute atomic E-state index is 0.0725. The fraction of sp³-hybridized carbons (Fsp3) is 0.714. The first kappa shape index (κ1) is 11.1. The van der Waals surface area contributed by atoms with Gasteiger partial charge in [0, 0.05) is 13.0 Å². The van der Waals surface area contributed by atoms with E-state index in [1.165, 1.54) is 7.11 Å². The Morgan fingerprint density at radius 1 is 1.42 bits per heavy atom. The molecule has 0 amide bonds. The molecular weight excluding hydrogens is 160 g/mol. The van der Waals surface area contributed by atoms with Crippen LogP contribution in [0, 0.1) is 0 Å². The summed E-state index contributed by atoms with van der Waals surface area (Å²) in [6, 6.07) is -0.658. The maximum Gasteiger partial charge on any atom is 0.305 e. The van der Waals surface area contributed by atoms with E-state index in [9.17, 15) is 9.59 Å². The van der Waals surface area contributed by atoms with E-state index < -0.39 is 12.0 Å². The Morgan fingerprint density at radius 3 is 2.42 bits per heavy atom. The number of Topliss-reactive ketones (excluding diaryl/α,β-unsaturated/α-hetero) is 1. The first-order chi connectivity index (χ1) is 5.61. The highest BCUT2D eigenvalue weighted by molar-refractivity contribution is 5.87. The third-order valence-corrected chi connectivity index (χ3v) is 1.47. The Labute approximate surface area is 71.0 Å². The Kier molecular flexibility index (Phi) is 5.23. The summed E-state index contributed by atoms with van der Waals surface area (Å²) in [6.45, 7) is 0.111. The molecule has 1 atom stereocenters. The van der Waals surface area contributed by atoms with Crippen LogP contribution in [0.1, 0.15) is 12.8 Å². The van der Waals surface area contributed by atoms with Gasteiger partial charge in [-0.3, -0.25) is 9.59 Å². The van der Waals surface area contributed by atoms with Gasteiger partial charge in [-0.15, -0.1) is 0 Å². The van der Waals surface area contributed by atoms with Gasteiger partial charge in [-0.2, -0.15) is 0 Å². The largest absolute Gasteiger partial charge is 0.469 e. The highest BCUT2D eigenvalue weighted by Gasteiger charge is 2.12. The van der Waals surface area contributed by atoms with Crippen molar-refractivity contribution in [3.05, 3.63) is 0 Å². The van der Waals surface area contributed by atoms with E-state index in [0.29, 0.717) is 0 Å². The summed E-state index contributed by atoms with van der Waals surface area (Å²) in [5, 5.41) is 0. The number of nitrogens with two attached hydrogens (primary N) is 2. The van der Waals surface area contributed by atoms with Gasteiger partial charge in [0.25, 0.3) is 0 Å². The number of ether oxygens (including phenoxy) is 1. The molecule has 0 spiro atoms. The molecule has 5 heteroatoms. The summed E-state index contributed by atoms with van der Waals surface area (Å²) < 4.78 is 4.35. The Hall–Kier alpha value is -0.940. The Bertz CT molecular complexity index is 170. The van der Waals surface area contributed by atoms with E-state index in [1.54, 1.807) is 0 Å².